The van der Waals surface area contributed by atoms with Gasteiger partial charge in [-0.25, -0.2) is 9.78 Å². The largest absolute Gasteiger partial charge is 0.323 e. The first-order valence-corrected chi connectivity index (χ1v) is 8.42. The Labute approximate surface area is 130 Å². The average molecular weight is 324 g/mol. The Hall–Kier alpha value is -1.58. The van der Waals surface area contributed by atoms with Gasteiger partial charge in [-0.1, -0.05) is 11.3 Å². The highest BCUT2D eigenvalue weighted by atomic mass is 32.1. The van der Waals surface area contributed by atoms with Crippen molar-refractivity contribution >= 4 is 33.8 Å². The molecule has 1 aliphatic rings. The Balaban J connectivity index is 1.47. The Morgan fingerprint density at radius 2 is 2.14 bits per heavy atom. The Bertz CT molecular complexity index is 591. The number of anilines is 1. The maximum absolute atomic E-state index is 12.1. The number of amides is 2. The number of nitrogens with zero attached hydrogens (tertiary/aromatic N) is 5. The molecule has 7 nitrogen and oxygen atoms in total. The van der Waals surface area contributed by atoms with Crippen LogP contribution in [-0.2, 0) is 6.54 Å². The van der Waals surface area contributed by atoms with Crippen molar-refractivity contribution < 1.29 is 4.79 Å². The summed E-state index contributed by atoms with van der Waals surface area (Å²) in [6, 6.07) is -0.0977. The molecule has 0 bridgehead atoms. The van der Waals surface area contributed by atoms with Crippen LogP contribution >= 0.6 is 22.7 Å². The van der Waals surface area contributed by atoms with Crippen molar-refractivity contribution in [1.82, 2.24) is 25.0 Å². The minimum absolute atomic E-state index is 0.0977. The molecule has 1 aliphatic heterocycles. The standard InChI is InChI=1S/C12H16N6OS2/c1-9-15-16-11(21-9)14-12(19)18-4-2-17(3-5-18)6-10-7-20-8-13-10/h7-8H,2-6H2,1H3,(H,14,16,19). The third kappa shape index (κ3) is 3.74. The molecule has 2 aromatic heterocycles. The molecule has 0 aromatic carbocycles. The monoisotopic (exact) mass is 324 g/mol. The van der Waals surface area contributed by atoms with Gasteiger partial charge >= 0.3 is 6.03 Å². The zero-order chi connectivity index (χ0) is 14.7. The van der Waals surface area contributed by atoms with E-state index in [4.69, 9.17) is 0 Å². The van der Waals surface area contributed by atoms with Gasteiger partial charge in [-0.2, -0.15) is 0 Å². The van der Waals surface area contributed by atoms with Crippen LogP contribution < -0.4 is 5.32 Å². The van der Waals surface area contributed by atoms with Crippen LogP contribution in [0.25, 0.3) is 0 Å². The van der Waals surface area contributed by atoms with Crippen molar-refractivity contribution in [2.24, 2.45) is 0 Å². The lowest BCUT2D eigenvalue weighted by atomic mass is 10.3. The molecule has 1 N–H and O–H groups in total. The van der Waals surface area contributed by atoms with Crippen LogP contribution in [0, 0.1) is 6.92 Å². The van der Waals surface area contributed by atoms with E-state index in [1.54, 1.807) is 11.3 Å². The molecule has 0 spiro atoms. The summed E-state index contributed by atoms with van der Waals surface area (Å²) < 4.78 is 0. The van der Waals surface area contributed by atoms with E-state index in [1.165, 1.54) is 11.3 Å². The van der Waals surface area contributed by atoms with E-state index < -0.39 is 0 Å². The first-order chi connectivity index (χ1) is 10.2. The normalized spacial score (nSPS) is 16.1. The summed E-state index contributed by atoms with van der Waals surface area (Å²) in [6.07, 6.45) is 0. The summed E-state index contributed by atoms with van der Waals surface area (Å²) in [5.41, 5.74) is 2.95. The highest BCUT2D eigenvalue weighted by Gasteiger charge is 2.22. The molecular formula is C12H16N6OS2. The van der Waals surface area contributed by atoms with Gasteiger partial charge in [-0.3, -0.25) is 10.2 Å². The van der Waals surface area contributed by atoms with Crippen LogP contribution in [0.3, 0.4) is 0 Å². The fourth-order valence-corrected chi connectivity index (χ4v) is 3.30. The number of urea groups is 1. The van der Waals surface area contributed by atoms with Crippen LogP contribution in [0.5, 0.6) is 0 Å². The van der Waals surface area contributed by atoms with E-state index >= 15 is 0 Å². The van der Waals surface area contributed by atoms with E-state index in [-0.39, 0.29) is 6.03 Å². The summed E-state index contributed by atoms with van der Waals surface area (Å²) in [5, 5.41) is 14.1. The molecule has 2 aromatic rings. The van der Waals surface area contributed by atoms with Gasteiger partial charge in [0.15, 0.2) is 0 Å². The summed E-state index contributed by atoms with van der Waals surface area (Å²) in [6.45, 7) is 5.88. The van der Waals surface area contributed by atoms with Gasteiger partial charge in [0.2, 0.25) is 5.13 Å². The summed E-state index contributed by atoms with van der Waals surface area (Å²) in [4.78, 5) is 20.5. The van der Waals surface area contributed by atoms with E-state index in [0.717, 1.165) is 30.3 Å². The number of piperazine rings is 1. The van der Waals surface area contributed by atoms with E-state index in [9.17, 15) is 4.79 Å². The second-order valence-corrected chi connectivity index (χ2v) is 6.70. The molecule has 2 amide bonds. The maximum atomic E-state index is 12.1. The summed E-state index contributed by atoms with van der Waals surface area (Å²) in [5.74, 6) is 0. The zero-order valence-electron chi connectivity index (χ0n) is 11.7. The number of hydrogen-bond donors (Lipinski definition) is 1. The molecule has 0 radical (unpaired) electrons. The van der Waals surface area contributed by atoms with E-state index in [0.29, 0.717) is 18.2 Å². The van der Waals surface area contributed by atoms with E-state index in [2.05, 4.69) is 30.8 Å². The fraction of sp³-hybridized carbons (Fsp3) is 0.500. The maximum Gasteiger partial charge on any atom is 0.323 e. The fourth-order valence-electron chi connectivity index (χ4n) is 2.17. The third-order valence-corrected chi connectivity index (χ3v) is 4.66. The predicted molar refractivity (Wildman–Crippen MR) is 82.6 cm³/mol. The number of aryl methyl sites for hydroxylation is 1. The smallest absolute Gasteiger partial charge is 0.322 e. The van der Waals surface area contributed by atoms with Gasteiger partial charge < -0.3 is 4.90 Å². The average Bonchev–Trinajstić information content (AvgIpc) is 3.12. The molecule has 1 fully saturated rings. The van der Waals surface area contributed by atoms with Crippen LogP contribution in [0.4, 0.5) is 9.93 Å². The number of carbonyl (C=O) groups excluding carboxylic acids is 1. The van der Waals surface area contributed by atoms with Gasteiger partial charge in [0.25, 0.3) is 0 Å². The first-order valence-electron chi connectivity index (χ1n) is 6.66. The topological polar surface area (TPSA) is 74.2 Å². The quantitative estimate of drug-likeness (QED) is 0.929. The number of nitrogens with one attached hydrogen (secondary N) is 1. The van der Waals surface area contributed by atoms with Crippen LogP contribution in [0.1, 0.15) is 10.7 Å². The summed E-state index contributed by atoms with van der Waals surface area (Å²) in [7, 11) is 0. The van der Waals surface area contributed by atoms with Crippen molar-refractivity contribution in [2.45, 2.75) is 13.5 Å². The highest BCUT2D eigenvalue weighted by Crippen LogP contribution is 2.15. The van der Waals surface area contributed by atoms with Gasteiger partial charge in [0.1, 0.15) is 5.01 Å². The van der Waals surface area contributed by atoms with Crippen LogP contribution in [0.2, 0.25) is 0 Å². The molecule has 0 atom stereocenters. The molecule has 112 valence electrons. The predicted octanol–water partition coefficient (Wildman–Crippen LogP) is 1.65. The summed E-state index contributed by atoms with van der Waals surface area (Å²) >= 11 is 3.00. The van der Waals surface area contributed by atoms with Crippen molar-refractivity contribution in [3.63, 3.8) is 0 Å². The number of rotatable bonds is 3. The minimum Gasteiger partial charge on any atom is -0.322 e. The Kier molecular flexibility index (Phi) is 4.42. The van der Waals surface area contributed by atoms with Crippen molar-refractivity contribution in [3.8, 4) is 0 Å². The molecule has 21 heavy (non-hydrogen) atoms. The van der Waals surface area contributed by atoms with Crippen molar-refractivity contribution in [1.29, 1.82) is 0 Å². The SMILES string of the molecule is Cc1nnc(NC(=O)N2CCN(Cc3cscn3)CC2)s1. The van der Waals surface area contributed by atoms with Gasteiger partial charge in [0.05, 0.1) is 11.2 Å². The highest BCUT2D eigenvalue weighted by molar-refractivity contribution is 7.15. The Morgan fingerprint density at radius 3 is 2.76 bits per heavy atom. The number of aromatic nitrogens is 3. The molecule has 9 heteroatoms. The van der Waals surface area contributed by atoms with Crippen LogP contribution in [-0.4, -0.2) is 57.2 Å². The Morgan fingerprint density at radius 1 is 1.33 bits per heavy atom. The molecule has 3 rings (SSSR count). The first kappa shape index (κ1) is 14.4. The lowest BCUT2D eigenvalue weighted by molar-refractivity contribution is 0.142. The number of thiazole rings is 1. The molecule has 1 saturated heterocycles. The molecule has 3 heterocycles. The number of hydrogen-bond acceptors (Lipinski definition) is 7. The molecule has 0 aliphatic carbocycles. The van der Waals surface area contributed by atoms with Crippen molar-refractivity contribution in [3.05, 3.63) is 21.6 Å². The van der Waals surface area contributed by atoms with E-state index in [1.807, 2.05) is 17.3 Å². The minimum atomic E-state index is -0.0977. The second-order valence-electron chi connectivity index (χ2n) is 4.80. The molecule has 0 saturated carbocycles. The second kappa shape index (κ2) is 6.46. The van der Waals surface area contributed by atoms with Gasteiger partial charge in [-0.15, -0.1) is 21.5 Å². The lowest BCUT2D eigenvalue weighted by Crippen LogP contribution is -2.49. The van der Waals surface area contributed by atoms with Crippen LogP contribution in [0.15, 0.2) is 10.9 Å². The third-order valence-electron chi connectivity index (χ3n) is 3.27. The molecule has 0 unspecified atom stereocenters. The molecular weight excluding hydrogens is 308 g/mol. The number of carbonyl (C=O) groups is 1. The zero-order valence-corrected chi connectivity index (χ0v) is 13.3. The van der Waals surface area contributed by atoms with Gasteiger partial charge in [-0.05, 0) is 6.92 Å². The van der Waals surface area contributed by atoms with Gasteiger partial charge in [0, 0.05) is 38.1 Å². The van der Waals surface area contributed by atoms with Crippen molar-refractivity contribution in [2.75, 3.05) is 31.5 Å². The lowest BCUT2D eigenvalue weighted by Gasteiger charge is -2.34.